The van der Waals surface area contributed by atoms with E-state index < -0.39 is 0 Å². The van der Waals surface area contributed by atoms with Crippen molar-refractivity contribution in [2.24, 2.45) is 5.92 Å². The molecule has 0 radical (unpaired) electrons. The van der Waals surface area contributed by atoms with Crippen LogP contribution in [0.4, 0.5) is 0 Å². The first-order chi connectivity index (χ1) is 5.33. The first-order valence-corrected chi connectivity index (χ1v) is 4.44. The lowest BCUT2D eigenvalue weighted by atomic mass is 10.0. The van der Waals surface area contributed by atoms with Gasteiger partial charge in [0, 0.05) is 6.42 Å². The minimum absolute atomic E-state index is 0.688. The van der Waals surface area contributed by atoms with E-state index in [9.17, 15) is 4.79 Å². The van der Waals surface area contributed by atoms with Gasteiger partial charge in [-0.25, -0.2) is 0 Å². The highest BCUT2D eigenvalue weighted by atomic mass is 16.1. The Balaban J connectivity index is 2.04. The first-order valence-electron chi connectivity index (χ1n) is 4.44. The topological polar surface area (TPSA) is 17.1 Å². The van der Waals surface area contributed by atoms with Gasteiger partial charge in [-0.05, 0) is 31.6 Å². The third-order valence-corrected chi connectivity index (χ3v) is 2.12. The summed E-state index contributed by atoms with van der Waals surface area (Å²) >= 11 is 0. The van der Waals surface area contributed by atoms with Gasteiger partial charge in [-0.2, -0.15) is 0 Å². The van der Waals surface area contributed by atoms with Crippen LogP contribution in [0.15, 0.2) is 11.6 Å². The number of rotatable bonds is 5. The first kappa shape index (κ1) is 8.51. The normalized spacial score (nSPS) is 17.7. The van der Waals surface area contributed by atoms with Gasteiger partial charge in [-0.3, -0.25) is 0 Å². The van der Waals surface area contributed by atoms with Crippen LogP contribution < -0.4 is 0 Å². The zero-order valence-electron chi connectivity index (χ0n) is 7.18. The highest BCUT2D eigenvalue weighted by molar-refractivity contribution is 5.49. The Kier molecular flexibility index (Phi) is 3.34. The van der Waals surface area contributed by atoms with E-state index in [4.69, 9.17) is 0 Å². The van der Waals surface area contributed by atoms with Crippen LogP contribution in [0.3, 0.4) is 0 Å². The summed E-state index contributed by atoms with van der Waals surface area (Å²) in [6, 6.07) is 0. The number of allylic oxidation sites excluding steroid dienone is 2. The van der Waals surface area contributed by atoms with Crippen molar-refractivity contribution < 1.29 is 4.79 Å². The summed E-state index contributed by atoms with van der Waals surface area (Å²) in [4.78, 5) is 10.0. The largest absolute Gasteiger partial charge is 0.303 e. The van der Waals surface area contributed by atoms with Crippen molar-refractivity contribution in [3.63, 3.8) is 0 Å². The van der Waals surface area contributed by atoms with E-state index in [2.05, 4.69) is 13.0 Å². The van der Waals surface area contributed by atoms with E-state index in [1.807, 2.05) is 0 Å². The molecule has 0 aromatic heterocycles. The fourth-order valence-electron chi connectivity index (χ4n) is 1.11. The zero-order valence-corrected chi connectivity index (χ0v) is 7.18. The van der Waals surface area contributed by atoms with Crippen molar-refractivity contribution in [2.45, 2.75) is 39.0 Å². The van der Waals surface area contributed by atoms with Gasteiger partial charge in [0.15, 0.2) is 0 Å². The summed E-state index contributed by atoms with van der Waals surface area (Å²) < 4.78 is 0. The number of carbonyl (C=O) groups excluding carboxylic acids is 1. The van der Waals surface area contributed by atoms with Crippen LogP contribution in [0.1, 0.15) is 39.0 Å². The summed E-state index contributed by atoms with van der Waals surface area (Å²) in [5.74, 6) is 0.688. The molecule has 1 saturated carbocycles. The predicted octanol–water partition coefficient (Wildman–Crippen LogP) is 2.71. The van der Waals surface area contributed by atoms with Gasteiger partial charge in [-0.15, -0.1) is 0 Å². The lowest BCUT2D eigenvalue weighted by Crippen LogP contribution is -1.92. The van der Waals surface area contributed by atoms with Gasteiger partial charge in [0.1, 0.15) is 6.29 Å². The van der Waals surface area contributed by atoms with E-state index in [1.54, 1.807) is 5.57 Å². The Morgan fingerprint density at radius 1 is 1.55 bits per heavy atom. The molecule has 1 aliphatic rings. The molecule has 0 aromatic rings. The van der Waals surface area contributed by atoms with Crippen LogP contribution in [0, 0.1) is 5.92 Å². The van der Waals surface area contributed by atoms with E-state index in [1.165, 1.54) is 19.3 Å². The summed E-state index contributed by atoms with van der Waals surface area (Å²) in [7, 11) is 0. The Morgan fingerprint density at radius 3 is 2.82 bits per heavy atom. The van der Waals surface area contributed by atoms with Gasteiger partial charge in [0.25, 0.3) is 0 Å². The molecular formula is C10H16O. The molecule has 1 nitrogen and oxygen atoms in total. The monoisotopic (exact) mass is 152 g/mol. The maximum Gasteiger partial charge on any atom is 0.120 e. The van der Waals surface area contributed by atoms with Crippen LogP contribution in [-0.2, 0) is 4.79 Å². The average molecular weight is 152 g/mol. The molecule has 1 rings (SSSR count). The maximum atomic E-state index is 10.0. The Labute approximate surface area is 68.5 Å². The van der Waals surface area contributed by atoms with Crippen LogP contribution in [0.5, 0.6) is 0 Å². The summed E-state index contributed by atoms with van der Waals surface area (Å²) in [6.45, 7) is 2.21. The second-order valence-corrected chi connectivity index (χ2v) is 3.45. The summed E-state index contributed by atoms with van der Waals surface area (Å²) in [6.07, 6.45) is 8.94. The molecular weight excluding hydrogens is 136 g/mol. The van der Waals surface area contributed by atoms with Gasteiger partial charge in [0.2, 0.25) is 0 Å². The number of hydrogen-bond acceptors (Lipinski definition) is 1. The van der Waals surface area contributed by atoms with Crippen molar-refractivity contribution in [3.05, 3.63) is 11.6 Å². The van der Waals surface area contributed by atoms with Crippen molar-refractivity contribution in [1.29, 1.82) is 0 Å². The van der Waals surface area contributed by atoms with Crippen LogP contribution in [-0.4, -0.2) is 6.29 Å². The molecule has 1 unspecified atom stereocenters. The molecule has 11 heavy (non-hydrogen) atoms. The lowest BCUT2D eigenvalue weighted by molar-refractivity contribution is -0.108. The van der Waals surface area contributed by atoms with Crippen molar-refractivity contribution in [2.75, 3.05) is 0 Å². The Morgan fingerprint density at radius 2 is 2.27 bits per heavy atom. The van der Waals surface area contributed by atoms with E-state index in [0.717, 1.165) is 19.1 Å². The molecule has 0 spiro atoms. The fourth-order valence-corrected chi connectivity index (χ4v) is 1.11. The highest BCUT2D eigenvalue weighted by Gasteiger charge is 2.10. The quantitative estimate of drug-likeness (QED) is 0.437. The lowest BCUT2D eigenvalue weighted by Gasteiger charge is -2.03. The minimum Gasteiger partial charge on any atom is -0.303 e. The molecule has 1 fully saturated rings. The second kappa shape index (κ2) is 4.32. The summed E-state index contributed by atoms with van der Waals surface area (Å²) in [5.41, 5.74) is 1.61. The van der Waals surface area contributed by atoms with Crippen LogP contribution >= 0.6 is 0 Å². The molecule has 0 N–H and O–H groups in total. The standard InChI is InChI=1S/C10H16O/c1-9(3-2-8-11)4-5-10-6-7-10/h5,8-9H,2-4,6-7H2,1H3. The number of hydrogen-bond donors (Lipinski definition) is 0. The number of aldehydes is 1. The SMILES string of the molecule is CC(CC=C1CC1)CCC=O. The molecule has 0 aliphatic heterocycles. The third kappa shape index (κ3) is 3.97. The van der Waals surface area contributed by atoms with Crippen molar-refractivity contribution in [3.8, 4) is 0 Å². The molecule has 62 valence electrons. The molecule has 0 aromatic carbocycles. The van der Waals surface area contributed by atoms with Gasteiger partial charge in [0.05, 0.1) is 0 Å². The van der Waals surface area contributed by atoms with Crippen LogP contribution in [0.25, 0.3) is 0 Å². The smallest absolute Gasteiger partial charge is 0.120 e. The van der Waals surface area contributed by atoms with Crippen molar-refractivity contribution in [1.82, 2.24) is 0 Å². The van der Waals surface area contributed by atoms with E-state index in [-0.39, 0.29) is 0 Å². The fraction of sp³-hybridized carbons (Fsp3) is 0.700. The maximum absolute atomic E-state index is 10.0. The van der Waals surface area contributed by atoms with Crippen molar-refractivity contribution >= 4 is 6.29 Å². The molecule has 0 heterocycles. The minimum atomic E-state index is 0.688. The molecule has 0 saturated heterocycles. The molecule has 1 aliphatic carbocycles. The second-order valence-electron chi connectivity index (χ2n) is 3.45. The predicted molar refractivity (Wildman–Crippen MR) is 46.4 cm³/mol. The van der Waals surface area contributed by atoms with E-state index in [0.29, 0.717) is 5.92 Å². The van der Waals surface area contributed by atoms with Crippen LogP contribution in [0.2, 0.25) is 0 Å². The van der Waals surface area contributed by atoms with E-state index >= 15 is 0 Å². The molecule has 1 heteroatoms. The molecule has 0 amide bonds. The Bertz CT molecular complexity index is 152. The summed E-state index contributed by atoms with van der Waals surface area (Å²) in [5, 5.41) is 0. The third-order valence-electron chi connectivity index (χ3n) is 2.12. The number of carbonyl (C=O) groups is 1. The molecule has 0 bridgehead atoms. The van der Waals surface area contributed by atoms with Gasteiger partial charge < -0.3 is 4.79 Å². The zero-order chi connectivity index (χ0) is 8.10. The molecule has 1 atom stereocenters. The Hall–Kier alpha value is -0.590. The highest BCUT2D eigenvalue weighted by Crippen LogP contribution is 2.29. The average Bonchev–Trinajstić information content (AvgIpc) is 2.80. The van der Waals surface area contributed by atoms with Gasteiger partial charge in [-0.1, -0.05) is 18.6 Å². The van der Waals surface area contributed by atoms with Gasteiger partial charge >= 0.3 is 0 Å².